The Morgan fingerprint density at radius 2 is 2.27 bits per heavy atom. The van der Waals surface area contributed by atoms with Crippen LogP contribution in [0.5, 0.6) is 0 Å². The number of ether oxygens (including phenoxy) is 1. The average Bonchev–Trinajstić information content (AvgIpc) is 1.85. The zero-order chi connectivity index (χ0) is 8.32. The Morgan fingerprint density at radius 3 is 2.73 bits per heavy atom. The molecule has 1 rings (SSSR count). The first-order valence-electron chi connectivity index (χ1n) is 4.41. The molecule has 1 heteroatoms. The second-order valence-electron chi connectivity index (χ2n) is 3.89. The van der Waals surface area contributed by atoms with Gasteiger partial charge in [0.15, 0.2) is 0 Å². The Balaban J connectivity index is 2.43. The third-order valence-corrected chi connectivity index (χ3v) is 2.23. The number of rotatable bonds is 2. The predicted octanol–water partition coefficient (Wildman–Crippen LogP) is 2.91. The van der Waals surface area contributed by atoms with Gasteiger partial charge in [-0.1, -0.05) is 5.57 Å². The molecule has 1 nitrogen and oxygen atoms in total. The minimum Gasteiger partial charge on any atom is -0.375 e. The number of hydrogen-bond acceptors (Lipinski definition) is 1. The molecule has 0 aromatic carbocycles. The van der Waals surface area contributed by atoms with E-state index in [0.717, 1.165) is 13.0 Å². The third kappa shape index (κ3) is 2.66. The standard InChI is InChI=1S/C10H18O/c1-9(2)8-10(3)6-4-5-7-11-10/h1,4-8H2,2-3H3. The van der Waals surface area contributed by atoms with Gasteiger partial charge in [-0.05, 0) is 39.5 Å². The topological polar surface area (TPSA) is 9.23 Å². The largest absolute Gasteiger partial charge is 0.375 e. The van der Waals surface area contributed by atoms with Gasteiger partial charge in [-0.25, -0.2) is 0 Å². The smallest absolute Gasteiger partial charge is 0.0691 e. The molecule has 11 heavy (non-hydrogen) atoms. The zero-order valence-corrected chi connectivity index (χ0v) is 7.65. The molecule has 0 N–H and O–H groups in total. The Labute approximate surface area is 69.4 Å². The summed E-state index contributed by atoms with van der Waals surface area (Å²) in [5, 5.41) is 0. The van der Waals surface area contributed by atoms with Crippen LogP contribution in [0.25, 0.3) is 0 Å². The van der Waals surface area contributed by atoms with E-state index >= 15 is 0 Å². The molecule has 0 aliphatic carbocycles. The molecule has 0 amide bonds. The van der Waals surface area contributed by atoms with Gasteiger partial charge in [0.25, 0.3) is 0 Å². The van der Waals surface area contributed by atoms with Crippen LogP contribution in [0, 0.1) is 0 Å². The summed E-state index contributed by atoms with van der Waals surface area (Å²) in [5.41, 5.74) is 1.33. The van der Waals surface area contributed by atoms with Gasteiger partial charge in [0.1, 0.15) is 0 Å². The van der Waals surface area contributed by atoms with Crippen molar-refractivity contribution in [2.45, 2.75) is 45.1 Å². The van der Waals surface area contributed by atoms with Gasteiger partial charge < -0.3 is 4.74 Å². The highest BCUT2D eigenvalue weighted by atomic mass is 16.5. The highest BCUT2D eigenvalue weighted by Gasteiger charge is 2.27. The van der Waals surface area contributed by atoms with E-state index in [1.54, 1.807) is 0 Å². The van der Waals surface area contributed by atoms with Crippen LogP contribution < -0.4 is 0 Å². The molecular weight excluding hydrogens is 136 g/mol. The quantitative estimate of drug-likeness (QED) is 0.556. The van der Waals surface area contributed by atoms with Crippen molar-refractivity contribution in [1.82, 2.24) is 0 Å². The fourth-order valence-electron chi connectivity index (χ4n) is 1.77. The minimum absolute atomic E-state index is 0.101. The van der Waals surface area contributed by atoms with E-state index in [1.807, 2.05) is 0 Å². The lowest BCUT2D eigenvalue weighted by Gasteiger charge is -2.34. The molecule has 1 unspecified atom stereocenters. The van der Waals surface area contributed by atoms with Crippen LogP contribution in [-0.4, -0.2) is 12.2 Å². The highest BCUT2D eigenvalue weighted by Crippen LogP contribution is 2.29. The lowest BCUT2D eigenvalue weighted by Crippen LogP contribution is -2.32. The van der Waals surface area contributed by atoms with E-state index in [4.69, 9.17) is 4.74 Å². The Hall–Kier alpha value is -0.300. The summed E-state index contributed by atoms with van der Waals surface area (Å²) in [6, 6.07) is 0. The first kappa shape index (κ1) is 8.79. The third-order valence-electron chi connectivity index (χ3n) is 2.23. The molecule has 0 aromatic rings. The molecule has 0 spiro atoms. The molecule has 1 atom stereocenters. The monoisotopic (exact) mass is 154 g/mol. The van der Waals surface area contributed by atoms with Gasteiger partial charge in [0, 0.05) is 6.61 Å². The normalized spacial score (nSPS) is 31.8. The van der Waals surface area contributed by atoms with Crippen molar-refractivity contribution in [3.63, 3.8) is 0 Å². The van der Waals surface area contributed by atoms with Crippen molar-refractivity contribution in [2.75, 3.05) is 6.61 Å². The van der Waals surface area contributed by atoms with Crippen molar-refractivity contribution in [3.05, 3.63) is 12.2 Å². The van der Waals surface area contributed by atoms with E-state index in [2.05, 4.69) is 20.4 Å². The summed E-state index contributed by atoms with van der Waals surface area (Å²) in [6.07, 6.45) is 4.75. The first-order valence-corrected chi connectivity index (χ1v) is 4.41. The van der Waals surface area contributed by atoms with E-state index in [1.165, 1.54) is 24.8 Å². The van der Waals surface area contributed by atoms with Crippen LogP contribution in [0.15, 0.2) is 12.2 Å². The summed E-state index contributed by atoms with van der Waals surface area (Å²) in [7, 11) is 0. The van der Waals surface area contributed by atoms with Crippen LogP contribution in [-0.2, 0) is 4.74 Å². The Morgan fingerprint density at radius 1 is 1.55 bits per heavy atom. The average molecular weight is 154 g/mol. The predicted molar refractivity (Wildman–Crippen MR) is 47.6 cm³/mol. The summed E-state index contributed by atoms with van der Waals surface area (Å²) in [5.74, 6) is 0. The van der Waals surface area contributed by atoms with E-state index in [9.17, 15) is 0 Å². The summed E-state index contributed by atoms with van der Waals surface area (Å²) in [6.45, 7) is 9.12. The van der Waals surface area contributed by atoms with E-state index in [-0.39, 0.29) is 5.60 Å². The fraction of sp³-hybridized carbons (Fsp3) is 0.800. The molecule has 1 heterocycles. The molecule has 0 radical (unpaired) electrons. The molecule has 1 saturated heterocycles. The molecular formula is C10H18O. The minimum atomic E-state index is 0.101. The first-order chi connectivity index (χ1) is 5.12. The zero-order valence-electron chi connectivity index (χ0n) is 7.65. The van der Waals surface area contributed by atoms with Crippen LogP contribution in [0.4, 0.5) is 0 Å². The van der Waals surface area contributed by atoms with E-state index in [0.29, 0.717) is 0 Å². The van der Waals surface area contributed by atoms with Gasteiger partial charge in [0.2, 0.25) is 0 Å². The van der Waals surface area contributed by atoms with Gasteiger partial charge >= 0.3 is 0 Å². The summed E-state index contributed by atoms with van der Waals surface area (Å²) < 4.78 is 5.72. The van der Waals surface area contributed by atoms with Crippen LogP contribution in [0.3, 0.4) is 0 Å². The molecule has 0 saturated carbocycles. The maximum Gasteiger partial charge on any atom is 0.0691 e. The lowest BCUT2D eigenvalue weighted by atomic mass is 9.90. The molecule has 1 fully saturated rings. The lowest BCUT2D eigenvalue weighted by molar-refractivity contribution is -0.0640. The van der Waals surface area contributed by atoms with Crippen LogP contribution in [0.2, 0.25) is 0 Å². The SMILES string of the molecule is C=C(C)CC1(C)CCCCO1. The highest BCUT2D eigenvalue weighted by molar-refractivity contribution is 4.97. The summed E-state index contributed by atoms with van der Waals surface area (Å²) in [4.78, 5) is 0. The van der Waals surface area contributed by atoms with Gasteiger partial charge in [-0.2, -0.15) is 0 Å². The summed E-state index contributed by atoms with van der Waals surface area (Å²) >= 11 is 0. The van der Waals surface area contributed by atoms with E-state index < -0.39 is 0 Å². The van der Waals surface area contributed by atoms with Gasteiger partial charge in [0.05, 0.1) is 5.60 Å². The second-order valence-corrected chi connectivity index (χ2v) is 3.89. The van der Waals surface area contributed by atoms with Crippen molar-refractivity contribution in [2.24, 2.45) is 0 Å². The van der Waals surface area contributed by atoms with Crippen LogP contribution >= 0.6 is 0 Å². The van der Waals surface area contributed by atoms with Gasteiger partial charge in [-0.15, -0.1) is 6.58 Å². The van der Waals surface area contributed by atoms with Crippen molar-refractivity contribution >= 4 is 0 Å². The maximum atomic E-state index is 5.72. The molecule has 0 aromatic heterocycles. The molecule has 64 valence electrons. The number of hydrogen-bond donors (Lipinski definition) is 0. The molecule has 0 bridgehead atoms. The Kier molecular flexibility index (Phi) is 2.72. The fourth-order valence-corrected chi connectivity index (χ4v) is 1.77. The van der Waals surface area contributed by atoms with Gasteiger partial charge in [-0.3, -0.25) is 0 Å². The Bertz CT molecular complexity index is 143. The van der Waals surface area contributed by atoms with Crippen LogP contribution in [0.1, 0.15) is 39.5 Å². The van der Waals surface area contributed by atoms with Crippen molar-refractivity contribution in [3.8, 4) is 0 Å². The van der Waals surface area contributed by atoms with Crippen molar-refractivity contribution in [1.29, 1.82) is 0 Å². The second kappa shape index (κ2) is 3.40. The maximum absolute atomic E-state index is 5.72. The molecule has 1 aliphatic rings. The molecule has 1 aliphatic heterocycles. The van der Waals surface area contributed by atoms with Crippen molar-refractivity contribution < 1.29 is 4.74 Å².